The van der Waals surface area contributed by atoms with Crippen LogP contribution in [0.4, 0.5) is 0 Å². The third-order valence-electron chi connectivity index (χ3n) is 1.35. The van der Waals surface area contributed by atoms with Crippen molar-refractivity contribution >= 4 is 17.7 Å². The first-order valence-corrected chi connectivity index (χ1v) is 4.05. The fraction of sp³-hybridized carbons (Fsp3) is 0.625. The van der Waals surface area contributed by atoms with Crippen LogP contribution in [0.2, 0.25) is 0 Å². The van der Waals surface area contributed by atoms with E-state index in [0.717, 1.165) is 0 Å². The summed E-state index contributed by atoms with van der Waals surface area (Å²) in [6, 6.07) is 0. The molecule has 0 spiro atoms. The molecule has 0 rings (SSSR count). The zero-order valence-corrected chi connectivity index (χ0v) is 7.54. The number of esters is 2. The third kappa shape index (κ3) is 5.98. The van der Waals surface area contributed by atoms with E-state index in [1.807, 2.05) is 0 Å². The van der Waals surface area contributed by atoms with Crippen molar-refractivity contribution in [1.29, 1.82) is 0 Å². The van der Waals surface area contributed by atoms with E-state index in [-0.39, 0.29) is 31.6 Å². The minimum atomic E-state index is -0.673. The second kappa shape index (κ2) is 6.30. The molecule has 0 heterocycles. The molecule has 0 aromatic carbocycles. The molecule has 0 aliphatic carbocycles. The first-order chi connectivity index (χ1) is 6.10. The van der Waals surface area contributed by atoms with Crippen LogP contribution in [0.3, 0.4) is 0 Å². The van der Waals surface area contributed by atoms with E-state index in [4.69, 9.17) is 5.73 Å². The largest absolute Gasteiger partial charge is 0.393 e. The number of rotatable bonds is 5. The lowest BCUT2D eigenvalue weighted by Crippen LogP contribution is -2.17. The monoisotopic (exact) mass is 187 g/mol. The molecule has 0 fully saturated rings. The minimum absolute atomic E-state index is 0.0341. The molecule has 0 bridgehead atoms. The average Bonchev–Trinajstić information content (AvgIpc) is 2.13. The highest BCUT2D eigenvalue weighted by Gasteiger charge is 2.09. The van der Waals surface area contributed by atoms with Gasteiger partial charge in [-0.15, -0.1) is 0 Å². The van der Waals surface area contributed by atoms with Gasteiger partial charge in [0, 0.05) is 12.8 Å². The maximum absolute atomic E-state index is 10.8. The number of carbonyl (C=O) groups is 3. The van der Waals surface area contributed by atoms with Crippen molar-refractivity contribution in [3.05, 3.63) is 0 Å². The second-order valence-corrected chi connectivity index (χ2v) is 2.44. The fourth-order valence-electron chi connectivity index (χ4n) is 0.594. The highest BCUT2D eigenvalue weighted by atomic mass is 16.6. The van der Waals surface area contributed by atoms with E-state index in [2.05, 4.69) is 4.74 Å². The molecule has 13 heavy (non-hydrogen) atoms. The summed E-state index contributed by atoms with van der Waals surface area (Å²) in [6.45, 7) is 1.50. The summed E-state index contributed by atoms with van der Waals surface area (Å²) in [7, 11) is 0. The summed E-state index contributed by atoms with van der Waals surface area (Å²) in [5.74, 6) is -1.47. The molecular weight excluding hydrogens is 174 g/mol. The molecule has 0 radical (unpaired) electrons. The van der Waals surface area contributed by atoms with Crippen molar-refractivity contribution in [2.75, 3.05) is 6.54 Å². The Morgan fingerprint density at radius 2 is 1.77 bits per heavy atom. The number of hydrogen-bond acceptors (Lipinski definition) is 5. The van der Waals surface area contributed by atoms with E-state index >= 15 is 0 Å². The lowest BCUT2D eigenvalue weighted by atomic mass is 10.2. The zero-order valence-electron chi connectivity index (χ0n) is 7.54. The highest BCUT2D eigenvalue weighted by Crippen LogP contribution is 1.95. The zero-order chi connectivity index (χ0) is 10.3. The topological polar surface area (TPSA) is 86.5 Å². The minimum Gasteiger partial charge on any atom is -0.393 e. The van der Waals surface area contributed by atoms with Crippen LogP contribution in [0.5, 0.6) is 0 Å². The lowest BCUT2D eigenvalue weighted by molar-refractivity contribution is -0.159. The van der Waals surface area contributed by atoms with Gasteiger partial charge in [0.25, 0.3) is 0 Å². The van der Waals surface area contributed by atoms with Gasteiger partial charge in [-0.2, -0.15) is 0 Å². The van der Waals surface area contributed by atoms with E-state index in [0.29, 0.717) is 0 Å². The Bertz CT molecular complexity index is 212. The summed E-state index contributed by atoms with van der Waals surface area (Å²) in [4.78, 5) is 32.0. The predicted molar refractivity (Wildman–Crippen MR) is 44.7 cm³/mol. The van der Waals surface area contributed by atoms with Gasteiger partial charge in [0.05, 0.1) is 13.0 Å². The number of Topliss-reactive ketones (excluding diaryl/α,β-unsaturated/α-hetero) is 1. The fourth-order valence-corrected chi connectivity index (χ4v) is 0.594. The molecule has 0 unspecified atom stereocenters. The molecule has 0 aromatic heterocycles. The van der Waals surface area contributed by atoms with Crippen LogP contribution in [0.15, 0.2) is 0 Å². The molecule has 0 aliphatic rings. The van der Waals surface area contributed by atoms with Crippen LogP contribution < -0.4 is 5.73 Å². The summed E-state index contributed by atoms with van der Waals surface area (Å²) in [5, 5.41) is 0. The molecule has 74 valence electrons. The average molecular weight is 187 g/mol. The Balaban J connectivity index is 3.63. The van der Waals surface area contributed by atoms with Gasteiger partial charge in [0.15, 0.2) is 0 Å². The summed E-state index contributed by atoms with van der Waals surface area (Å²) >= 11 is 0. The molecule has 2 N–H and O–H groups in total. The highest BCUT2D eigenvalue weighted by molar-refractivity contribution is 5.88. The van der Waals surface area contributed by atoms with Gasteiger partial charge in [0.1, 0.15) is 5.78 Å². The Labute approximate surface area is 76.2 Å². The summed E-state index contributed by atoms with van der Waals surface area (Å²) in [5.41, 5.74) is 5.02. The quantitative estimate of drug-likeness (QED) is 0.474. The van der Waals surface area contributed by atoms with Gasteiger partial charge < -0.3 is 10.5 Å². The molecule has 0 aromatic rings. The van der Waals surface area contributed by atoms with Crippen LogP contribution in [0, 0.1) is 0 Å². The van der Waals surface area contributed by atoms with Gasteiger partial charge in [-0.25, -0.2) is 0 Å². The molecule has 5 heteroatoms. The molecule has 0 saturated carbocycles. The van der Waals surface area contributed by atoms with Gasteiger partial charge in [-0.1, -0.05) is 6.92 Å². The number of carbonyl (C=O) groups excluding carboxylic acids is 3. The van der Waals surface area contributed by atoms with E-state index in [9.17, 15) is 14.4 Å². The van der Waals surface area contributed by atoms with E-state index < -0.39 is 11.9 Å². The van der Waals surface area contributed by atoms with Crippen molar-refractivity contribution < 1.29 is 19.1 Å². The van der Waals surface area contributed by atoms with Crippen molar-refractivity contribution in [2.24, 2.45) is 5.73 Å². The standard InChI is InChI=1S/C8H13NO4/c1-2-7(11)13-8(12)4-3-6(10)5-9/h2-5,9H2,1H3. The van der Waals surface area contributed by atoms with Crippen LogP contribution in [0.25, 0.3) is 0 Å². The SMILES string of the molecule is CCC(=O)OC(=O)CCC(=O)CN. The molecule has 0 amide bonds. The van der Waals surface area contributed by atoms with Crippen LogP contribution >= 0.6 is 0 Å². The number of nitrogens with two attached hydrogens (primary N) is 1. The van der Waals surface area contributed by atoms with Gasteiger partial charge >= 0.3 is 11.9 Å². The Morgan fingerprint density at radius 1 is 1.15 bits per heavy atom. The van der Waals surface area contributed by atoms with Gasteiger partial charge in [-0.05, 0) is 0 Å². The number of hydrogen-bond donors (Lipinski definition) is 1. The van der Waals surface area contributed by atoms with Crippen molar-refractivity contribution in [3.8, 4) is 0 Å². The maximum Gasteiger partial charge on any atom is 0.313 e. The maximum atomic E-state index is 10.8. The number of ketones is 1. The summed E-state index contributed by atoms with van der Waals surface area (Å²) < 4.78 is 4.32. The first-order valence-electron chi connectivity index (χ1n) is 4.05. The van der Waals surface area contributed by atoms with E-state index in [1.165, 1.54) is 0 Å². The molecule has 0 aliphatic heterocycles. The van der Waals surface area contributed by atoms with Gasteiger partial charge in [0.2, 0.25) is 0 Å². The lowest BCUT2D eigenvalue weighted by Gasteiger charge is -1.99. The van der Waals surface area contributed by atoms with Gasteiger partial charge in [-0.3, -0.25) is 14.4 Å². The van der Waals surface area contributed by atoms with Crippen molar-refractivity contribution in [2.45, 2.75) is 26.2 Å². The smallest absolute Gasteiger partial charge is 0.313 e. The predicted octanol–water partition coefficient (Wildman–Crippen LogP) is -0.226. The van der Waals surface area contributed by atoms with Crippen LogP contribution in [-0.4, -0.2) is 24.3 Å². The second-order valence-electron chi connectivity index (χ2n) is 2.44. The third-order valence-corrected chi connectivity index (χ3v) is 1.35. The van der Waals surface area contributed by atoms with Crippen molar-refractivity contribution in [1.82, 2.24) is 0 Å². The molecule has 0 atom stereocenters. The Morgan fingerprint density at radius 3 is 2.23 bits per heavy atom. The normalized spacial score (nSPS) is 9.38. The van der Waals surface area contributed by atoms with Crippen LogP contribution in [0.1, 0.15) is 26.2 Å². The van der Waals surface area contributed by atoms with Crippen LogP contribution in [-0.2, 0) is 19.1 Å². The molecule has 0 saturated heterocycles. The number of ether oxygens (including phenoxy) is 1. The molecular formula is C8H13NO4. The first kappa shape index (κ1) is 11.8. The Kier molecular flexibility index (Phi) is 5.71. The van der Waals surface area contributed by atoms with E-state index in [1.54, 1.807) is 6.92 Å². The van der Waals surface area contributed by atoms with Crippen molar-refractivity contribution in [3.63, 3.8) is 0 Å². The summed E-state index contributed by atoms with van der Waals surface area (Å²) in [6.07, 6.45) is 0.102. The Hall–Kier alpha value is -1.23. The molecule has 5 nitrogen and oxygen atoms in total.